The van der Waals surface area contributed by atoms with Crippen LogP contribution in [-0.2, 0) is 6.54 Å². The number of imidazole rings is 1. The zero-order valence-corrected chi connectivity index (χ0v) is 14.6. The quantitative estimate of drug-likeness (QED) is 0.735. The van der Waals surface area contributed by atoms with E-state index < -0.39 is 5.82 Å². The monoisotopic (exact) mass is 353 g/mol. The first-order valence-corrected chi connectivity index (χ1v) is 8.27. The SMILES string of the molecule is Cc1nccn1[C@@H](C)c1ccc(NC(=O)NCc2ccc(F)cn2)cc1. The summed E-state index contributed by atoms with van der Waals surface area (Å²) >= 11 is 0. The summed E-state index contributed by atoms with van der Waals surface area (Å²) in [6.45, 7) is 4.29. The molecular formula is C19H20FN5O. The van der Waals surface area contributed by atoms with Crippen LogP contribution in [0, 0.1) is 12.7 Å². The Bertz CT molecular complexity index is 874. The van der Waals surface area contributed by atoms with Gasteiger partial charge in [0.2, 0.25) is 0 Å². The molecule has 134 valence electrons. The number of aryl methyl sites for hydroxylation is 1. The molecule has 0 aliphatic heterocycles. The molecule has 0 radical (unpaired) electrons. The molecule has 0 fully saturated rings. The van der Waals surface area contributed by atoms with Crippen molar-refractivity contribution in [2.24, 2.45) is 0 Å². The van der Waals surface area contributed by atoms with Crippen LogP contribution in [0.25, 0.3) is 0 Å². The molecule has 1 aromatic carbocycles. The van der Waals surface area contributed by atoms with Gasteiger partial charge in [-0.05, 0) is 43.7 Å². The van der Waals surface area contributed by atoms with Crippen molar-refractivity contribution in [1.29, 1.82) is 0 Å². The number of rotatable bonds is 5. The smallest absolute Gasteiger partial charge is 0.319 e. The van der Waals surface area contributed by atoms with E-state index in [-0.39, 0.29) is 18.6 Å². The number of amides is 2. The van der Waals surface area contributed by atoms with Gasteiger partial charge in [0.05, 0.1) is 24.5 Å². The molecule has 0 bridgehead atoms. The number of anilines is 1. The van der Waals surface area contributed by atoms with Crippen LogP contribution in [0.15, 0.2) is 55.0 Å². The summed E-state index contributed by atoms with van der Waals surface area (Å²) in [5, 5.41) is 5.45. The molecule has 3 rings (SSSR count). The van der Waals surface area contributed by atoms with Crippen molar-refractivity contribution in [1.82, 2.24) is 19.9 Å². The molecule has 2 heterocycles. The number of pyridine rings is 1. The van der Waals surface area contributed by atoms with E-state index in [1.165, 1.54) is 12.1 Å². The third-order valence-corrected chi connectivity index (χ3v) is 4.15. The predicted octanol–water partition coefficient (Wildman–Crippen LogP) is 3.66. The van der Waals surface area contributed by atoms with Crippen molar-refractivity contribution in [3.63, 3.8) is 0 Å². The zero-order chi connectivity index (χ0) is 18.5. The molecule has 1 atom stereocenters. The Labute approximate surface area is 151 Å². The summed E-state index contributed by atoms with van der Waals surface area (Å²) in [5.41, 5.74) is 2.39. The second kappa shape index (κ2) is 7.77. The second-order valence-electron chi connectivity index (χ2n) is 5.96. The molecule has 0 aliphatic carbocycles. The lowest BCUT2D eigenvalue weighted by Crippen LogP contribution is -2.28. The average molecular weight is 353 g/mol. The van der Waals surface area contributed by atoms with E-state index >= 15 is 0 Å². The van der Waals surface area contributed by atoms with Gasteiger partial charge >= 0.3 is 6.03 Å². The molecule has 2 amide bonds. The van der Waals surface area contributed by atoms with Crippen LogP contribution in [0.5, 0.6) is 0 Å². The van der Waals surface area contributed by atoms with Gasteiger partial charge in [0.1, 0.15) is 11.6 Å². The van der Waals surface area contributed by atoms with Gasteiger partial charge in [0.25, 0.3) is 0 Å². The van der Waals surface area contributed by atoms with Gasteiger partial charge < -0.3 is 15.2 Å². The largest absolute Gasteiger partial charge is 0.332 e. The highest BCUT2D eigenvalue weighted by Gasteiger charge is 2.10. The van der Waals surface area contributed by atoms with Gasteiger partial charge in [-0.1, -0.05) is 12.1 Å². The van der Waals surface area contributed by atoms with Crippen molar-refractivity contribution in [3.8, 4) is 0 Å². The summed E-state index contributed by atoms with van der Waals surface area (Å²) in [7, 11) is 0. The molecule has 7 heteroatoms. The Kier molecular flexibility index (Phi) is 5.26. The third-order valence-electron chi connectivity index (χ3n) is 4.15. The Morgan fingerprint density at radius 3 is 2.58 bits per heavy atom. The van der Waals surface area contributed by atoms with Crippen LogP contribution in [0.1, 0.15) is 30.0 Å². The van der Waals surface area contributed by atoms with Gasteiger partial charge in [0, 0.05) is 18.1 Å². The molecule has 0 saturated carbocycles. The maximum atomic E-state index is 12.8. The lowest BCUT2D eigenvalue weighted by atomic mass is 10.1. The fraction of sp³-hybridized carbons (Fsp3) is 0.211. The van der Waals surface area contributed by atoms with Gasteiger partial charge in [0.15, 0.2) is 0 Å². The van der Waals surface area contributed by atoms with Crippen molar-refractivity contribution in [2.75, 3.05) is 5.32 Å². The lowest BCUT2D eigenvalue weighted by molar-refractivity contribution is 0.251. The number of urea groups is 1. The van der Waals surface area contributed by atoms with Gasteiger partial charge in [-0.2, -0.15) is 0 Å². The van der Waals surface area contributed by atoms with E-state index in [0.717, 1.165) is 17.6 Å². The molecule has 0 unspecified atom stereocenters. The number of hydrogen-bond donors (Lipinski definition) is 2. The van der Waals surface area contributed by atoms with E-state index in [0.29, 0.717) is 11.4 Å². The van der Waals surface area contributed by atoms with E-state index in [2.05, 4.69) is 32.1 Å². The van der Waals surface area contributed by atoms with Gasteiger partial charge in [-0.3, -0.25) is 4.98 Å². The fourth-order valence-electron chi connectivity index (χ4n) is 2.66. The highest BCUT2D eigenvalue weighted by atomic mass is 19.1. The molecule has 26 heavy (non-hydrogen) atoms. The summed E-state index contributed by atoms with van der Waals surface area (Å²) in [4.78, 5) is 20.1. The average Bonchev–Trinajstić information content (AvgIpc) is 3.07. The van der Waals surface area contributed by atoms with Crippen molar-refractivity contribution < 1.29 is 9.18 Å². The molecule has 0 spiro atoms. The molecule has 0 saturated heterocycles. The predicted molar refractivity (Wildman–Crippen MR) is 97.3 cm³/mol. The van der Waals surface area contributed by atoms with Crippen molar-refractivity contribution in [3.05, 3.63) is 77.9 Å². The normalized spacial score (nSPS) is 11.8. The van der Waals surface area contributed by atoms with Crippen LogP contribution in [0.2, 0.25) is 0 Å². The summed E-state index contributed by atoms with van der Waals surface area (Å²) in [6.07, 6.45) is 4.85. The minimum absolute atomic E-state index is 0.157. The highest BCUT2D eigenvalue weighted by Crippen LogP contribution is 2.21. The number of benzene rings is 1. The number of hydrogen-bond acceptors (Lipinski definition) is 3. The summed E-state index contributed by atoms with van der Waals surface area (Å²) in [5.74, 6) is 0.548. The van der Waals surface area contributed by atoms with E-state index in [1.807, 2.05) is 37.4 Å². The minimum Gasteiger partial charge on any atom is -0.332 e. The maximum Gasteiger partial charge on any atom is 0.319 e. The molecular weight excluding hydrogens is 333 g/mol. The Balaban J connectivity index is 1.56. The topological polar surface area (TPSA) is 71.8 Å². The Morgan fingerprint density at radius 1 is 1.19 bits per heavy atom. The third kappa shape index (κ3) is 4.24. The first-order valence-electron chi connectivity index (χ1n) is 8.27. The number of nitrogens with zero attached hydrogens (tertiary/aromatic N) is 3. The van der Waals surface area contributed by atoms with Crippen LogP contribution in [0.4, 0.5) is 14.9 Å². The van der Waals surface area contributed by atoms with E-state index in [9.17, 15) is 9.18 Å². The van der Waals surface area contributed by atoms with Crippen molar-refractivity contribution >= 4 is 11.7 Å². The number of carbonyl (C=O) groups excluding carboxylic acids is 1. The summed E-state index contributed by atoms with van der Waals surface area (Å²) in [6, 6.07) is 10.3. The van der Waals surface area contributed by atoms with Crippen LogP contribution in [-0.4, -0.2) is 20.6 Å². The van der Waals surface area contributed by atoms with E-state index in [1.54, 1.807) is 6.20 Å². The molecule has 2 N–H and O–H groups in total. The molecule has 2 aromatic heterocycles. The second-order valence-corrected chi connectivity index (χ2v) is 5.96. The first-order chi connectivity index (χ1) is 12.5. The maximum absolute atomic E-state index is 12.8. The summed E-state index contributed by atoms with van der Waals surface area (Å²) < 4.78 is 14.9. The molecule has 6 nitrogen and oxygen atoms in total. The van der Waals surface area contributed by atoms with E-state index in [4.69, 9.17) is 0 Å². The Morgan fingerprint density at radius 2 is 1.96 bits per heavy atom. The van der Waals surface area contributed by atoms with Gasteiger partial charge in [-0.25, -0.2) is 14.2 Å². The van der Waals surface area contributed by atoms with Crippen LogP contribution >= 0.6 is 0 Å². The Hall–Kier alpha value is -3.22. The zero-order valence-electron chi connectivity index (χ0n) is 14.6. The lowest BCUT2D eigenvalue weighted by Gasteiger charge is -2.16. The molecule has 3 aromatic rings. The first kappa shape index (κ1) is 17.6. The van der Waals surface area contributed by atoms with Gasteiger partial charge in [-0.15, -0.1) is 0 Å². The number of nitrogens with one attached hydrogen (secondary N) is 2. The van der Waals surface area contributed by atoms with Crippen LogP contribution in [0.3, 0.4) is 0 Å². The number of aromatic nitrogens is 3. The fourth-order valence-corrected chi connectivity index (χ4v) is 2.66. The van der Waals surface area contributed by atoms with Crippen molar-refractivity contribution in [2.45, 2.75) is 26.4 Å². The number of carbonyl (C=O) groups is 1. The highest BCUT2D eigenvalue weighted by molar-refractivity contribution is 5.89. The molecule has 0 aliphatic rings. The van der Waals surface area contributed by atoms with Crippen LogP contribution < -0.4 is 10.6 Å². The number of halogens is 1. The standard InChI is InChI=1S/C19H20FN5O/c1-13(25-10-9-21-14(25)2)15-3-6-17(7-4-15)24-19(26)23-12-18-8-5-16(20)11-22-18/h3-11,13H,12H2,1-2H3,(H2,23,24,26)/t13-/m0/s1. The minimum atomic E-state index is -0.404.